The zero-order valence-electron chi connectivity index (χ0n) is 11.7. The van der Waals surface area contributed by atoms with Gasteiger partial charge in [0.1, 0.15) is 12.8 Å². The summed E-state index contributed by atoms with van der Waals surface area (Å²) < 4.78 is 0. The van der Waals surface area contributed by atoms with Gasteiger partial charge in [-0.3, -0.25) is 14.5 Å². The third-order valence-electron chi connectivity index (χ3n) is 2.69. The normalized spacial score (nSPS) is 11.0. The van der Waals surface area contributed by atoms with E-state index >= 15 is 0 Å². The van der Waals surface area contributed by atoms with E-state index in [9.17, 15) is 9.59 Å². The van der Waals surface area contributed by atoms with Crippen LogP contribution in [0.5, 0.6) is 0 Å². The molecule has 2 rings (SSSR count). The van der Waals surface area contributed by atoms with E-state index in [0.29, 0.717) is 16.5 Å². The van der Waals surface area contributed by atoms with Gasteiger partial charge in [0, 0.05) is 11.1 Å². The summed E-state index contributed by atoms with van der Waals surface area (Å²) in [5.74, 6) is -0.526. The van der Waals surface area contributed by atoms with Crippen molar-refractivity contribution in [3.05, 3.63) is 41.4 Å². The number of benzene rings is 1. The number of nitrogens with zero attached hydrogens (tertiary/aromatic N) is 3. The van der Waals surface area contributed by atoms with Gasteiger partial charge in [-0.05, 0) is 12.1 Å². The number of anilines is 2. The second kappa shape index (κ2) is 7.32. The number of carbonyl (C=O) groups is 1. The lowest BCUT2D eigenvalue weighted by Gasteiger charge is -2.19. The molecule has 22 heavy (non-hydrogen) atoms. The van der Waals surface area contributed by atoms with Gasteiger partial charge in [-0.25, -0.2) is 4.98 Å². The second-order valence-corrected chi connectivity index (χ2v) is 4.95. The Morgan fingerprint density at radius 1 is 1.45 bits per heavy atom. The predicted molar refractivity (Wildman–Crippen MR) is 84.6 cm³/mol. The summed E-state index contributed by atoms with van der Waals surface area (Å²) in [6.07, 6.45) is 1.72. The van der Waals surface area contributed by atoms with Crippen LogP contribution in [-0.4, -0.2) is 36.5 Å². The molecule has 8 heteroatoms. The van der Waals surface area contributed by atoms with E-state index in [2.05, 4.69) is 10.1 Å². The summed E-state index contributed by atoms with van der Waals surface area (Å²) >= 11 is 1.18. The summed E-state index contributed by atoms with van der Waals surface area (Å²) in [6.45, 7) is -0.231. The van der Waals surface area contributed by atoms with Crippen LogP contribution in [0.3, 0.4) is 0 Å². The average Bonchev–Trinajstić information content (AvgIpc) is 2.96. The fraction of sp³-hybridized carbons (Fsp3) is 0.143. The molecule has 0 atom stereocenters. The van der Waals surface area contributed by atoms with Crippen LogP contribution in [0.1, 0.15) is 5.69 Å². The number of para-hydroxylation sites is 1. The molecule has 1 aromatic heterocycles. The molecule has 0 unspecified atom stereocenters. The van der Waals surface area contributed by atoms with Crippen molar-refractivity contribution in [2.75, 3.05) is 24.3 Å². The Labute approximate surface area is 131 Å². The van der Waals surface area contributed by atoms with Crippen molar-refractivity contribution in [2.45, 2.75) is 0 Å². The van der Waals surface area contributed by atoms with Gasteiger partial charge in [-0.1, -0.05) is 23.4 Å². The highest BCUT2D eigenvalue weighted by molar-refractivity contribution is 7.13. The molecule has 1 amide bonds. The van der Waals surface area contributed by atoms with Gasteiger partial charge in [0.15, 0.2) is 10.8 Å². The molecule has 0 aliphatic carbocycles. The molecule has 0 fully saturated rings. The zero-order valence-corrected chi connectivity index (χ0v) is 12.5. The molecule has 0 saturated carbocycles. The third-order valence-corrected chi connectivity index (χ3v) is 3.36. The highest BCUT2D eigenvalue weighted by atomic mass is 32.1. The van der Waals surface area contributed by atoms with Crippen LogP contribution in [-0.2, 0) is 14.4 Å². The fourth-order valence-electron chi connectivity index (χ4n) is 1.76. The minimum atomic E-state index is -0.526. The highest BCUT2D eigenvalue weighted by Gasteiger charge is 2.25. The van der Waals surface area contributed by atoms with Crippen molar-refractivity contribution in [3.63, 3.8) is 0 Å². The van der Waals surface area contributed by atoms with Crippen LogP contribution in [0, 0.1) is 0 Å². The largest absolute Gasteiger partial charge is 0.398 e. The van der Waals surface area contributed by atoms with E-state index in [4.69, 9.17) is 10.6 Å². The summed E-state index contributed by atoms with van der Waals surface area (Å²) in [6, 6.07) is 8.73. The van der Waals surface area contributed by atoms with E-state index in [-0.39, 0.29) is 12.3 Å². The maximum Gasteiger partial charge on any atom is 0.283 e. The van der Waals surface area contributed by atoms with Gasteiger partial charge >= 0.3 is 0 Å². The Balaban J connectivity index is 2.39. The molecule has 2 aromatic rings. The number of carbonyl (C=O) groups excluding carboxylic acids is 2. The smallest absolute Gasteiger partial charge is 0.283 e. The van der Waals surface area contributed by atoms with Crippen LogP contribution >= 0.6 is 11.3 Å². The molecule has 1 heterocycles. The van der Waals surface area contributed by atoms with Gasteiger partial charge in [0.05, 0.1) is 6.54 Å². The Morgan fingerprint density at radius 3 is 2.73 bits per heavy atom. The lowest BCUT2D eigenvalue weighted by Crippen LogP contribution is -2.38. The Morgan fingerprint density at radius 2 is 2.18 bits per heavy atom. The number of thiazole rings is 1. The van der Waals surface area contributed by atoms with Gasteiger partial charge < -0.3 is 10.6 Å². The molecule has 0 aliphatic rings. The number of amides is 1. The van der Waals surface area contributed by atoms with Gasteiger partial charge in [0.2, 0.25) is 6.29 Å². The molecule has 0 aliphatic heterocycles. The summed E-state index contributed by atoms with van der Waals surface area (Å²) in [5.41, 5.74) is 6.39. The number of hydrogen-bond donors (Lipinski definition) is 1. The lowest BCUT2D eigenvalue weighted by molar-refractivity contribution is -0.112. The number of nitrogen functional groups attached to an aromatic ring is 1. The topological polar surface area (TPSA) is 97.9 Å². The van der Waals surface area contributed by atoms with Crippen LogP contribution < -0.4 is 10.6 Å². The van der Waals surface area contributed by atoms with Crippen molar-refractivity contribution >= 4 is 40.1 Å². The van der Waals surface area contributed by atoms with Crippen LogP contribution in [0.15, 0.2) is 40.9 Å². The van der Waals surface area contributed by atoms with Crippen molar-refractivity contribution in [3.8, 4) is 0 Å². The summed E-state index contributed by atoms with van der Waals surface area (Å²) in [5, 5.41) is 5.62. The lowest BCUT2D eigenvalue weighted by atomic mass is 10.2. The number of nitrogens with two attached hydrogens (primary N) is 1. The first-order valence-electron chi connectivity index (χ1n) is 6.21. The van der Waals surface area contributed by atoms with E-state index in [0.717, 1.165) is 0 Å². The van der Waals surface area contributed by atoms with Crippen molar-refractivity contribution in [2.24, 2.45) is 5.16 Å². The maximum atomic E-state index is 12.7. The highest BCUT2D eigenvalue weighted by Crippen LogP contribution is 2.17. The monoisotopic (exact) mass is 317 g/mol. The first-order valence-corrected chi connectivity index (χ1v) is 7.09. The molecule has 2 N–H and O–H groups in total. The minimum Gasteiger partial charge on any atom is -0.398 e. The standard InChI is InChI=1S/C14H13N4O3S/c1-21-17-12(11-9-22-14(15)16-11)13(20)18(7-8-19)10-5-3-2-4-6-10/h2-6,9H,7H2,1H3,(H2,15,16)/b17-12-. The molecule has 0 spiro atoms. The molecular weight excluding hydrogens is 304 g/mol. The molecular formula is C14H13N4O3S. The molecule has 1 aromatic carbocycles. The van der Waals surface area contributed by atoms with Gasteiger partial charge in [0.25, 0.3) is 5.91 Å². The molecule has 1 radical (unpaired) electrons. The van der Waals surface area contributed by atoms with E-state index in [1.54, 1.807) is 35.9 Å². The van der Waals surface area contributed by atoms with Crippen molar-refractivity contribution in [1.82, 2.24) is 4.98 Å². The first-order chi connectivity index (χ1) is 10.7. The van der Waals surface area contributed by atoms with Crippen molar-refractivity contribution in [1.29, 1.82) is 0 Å². The number of aromatic nitrogens is 1. The molecule has 7 nitrogen and oxygen atoms in total. The number of hydrogen-bond acceptors (Lipinski definition) is 7. The first kappa shape index (κ1) is 15.6. The number of rotatable bonds is 6. The van der Waals surface area contributed by atoms with E-state index < -0.39 is 5.91 Å². The van der Waals surface area contributed by atoms with E-state index in [1.807, 2.05) is 6.07 Å². The second-order valence-electron chi connectivity index (χ2n) is 4.06. The maximum absolute atomic E-state index is 12.7. The zero-order chi connectivity index (χ0) is 15.9. The van der Waals surface area contributed by atoms with Gasteiger partial charge in [-0.2, -0.15) is 0 Å². The molecule has 0 saturated heterocycles. The minimum absolute atomic E-state index is 0.0328. The van der Waals surface area contributed by atoms with Gasteiger partial charge in [-0.15, -0.1) is 11.3 Å². The van der Waals surface area contributed by atoms with Crippen LogP contribution in [0.25, 0.3) is 0 Å². The summed E-state index contributed by atoms with van der Waals surface area (Å²) in [7, 11) is 1.32. The van der Waals surface area contributed by atoms with Crippen molar-refractivity contribution < 1.29 is 14.4 Å². The predicted octanol–water partition coefficient (Wildman–Crippen LogP) is 1.22. The fourth-order valence-corrected chi connectivity index (χ4v) is 2.31. The average molecular weight is 317 g/mol. The third kappa shape index (κ3) is 3.47. The van der Waals surface area contributed by atoms with E-state index in [1.165, 1.54) is 23.3 Å². The number of oxime groups is 1. The van der Waals surface area contributed by atoms with Crippen LogP contribution in [0.2, 0.25) is 0 Å². The molecule has 113 valence electrons. The Kier molecular flexibility index (Phi) is 5.21. The van der Waals surface area contributed by atoms with Crippen LogP contribution in [0.4, 0.5) is 10.8 Å². The Bertz CT molecular complexity index is 684. The summed E-state index contributed by atoms with van der Waals surface area (Å²) in [4.78, 5) is 33.5. The Hall–Kier alpha value is -2.74. The SMILES string of the molecule is CO/N=C(\C(=O)N(C[C]=O)c1ccccc1)c1csc(N)n1. The molecule has 0 bridgehead atoms. The quantitative estimate of drug-likeness (QED) is 0.638.